The number of nitrogens with two attached hydrogens (primary N) is 1. The fourth-order valence-electron chi connectivity index (χ4n) is 2.40. The van der Waals surface area contributed by atoms with Crippen LogP contribution in [0.15, 0.2) is 17.0 Å². The number of nitrogens with zero attached hydrogens (tertiary/aromatic N) is 3. The van der Waals surface area contributed by atoms with Gasteiger partial charge in [0.25, 0.3) is 5.82 Å². The second-order valence-corrected chi connectivity index (χ2v) is 6.98. The Morgan fingerprint density at radius 2 is 1.88 bits per heavy atom. The molecule has 25 heavy (non-hydrogen) atoms. The molecule has 0 aliphatic carbocycles. The van der Waals surface area contributed by atoms with Crippen molar-refractivity contribution in [1.29, 1.82) is 0 Å². The van der Waals surface area contributed by atoms with Gasteiger partial charge in [-0.1, -0.05) is 26.8 Å². The van der Waals surface area contributed by atoms with Crippen LogP contribution in [0.3, 0.4) is 0 Å². The lowest BCUT2D eigenvalue weighted by Crippen LogP contribution is -2.11. The molecule has 0 saturated carbocycles. The van der Waals surface area contributed by atoms with E-state index in [1.54, 1.807) is 20.8 Å². The maximum absolute atomic E-state index is 13.6. The molecule has 0 bridgehead atoms. The maximum atomic E-state index is 13.6. The zero-order chi connectivity index (χ0) is 19.2. The van der Waals surface area contributed by atoms with Gasteiger partial charge < -0.3 is 5.73 Å². The van der Waals surface area contributed by atoms with E-state index in [1.165, 1.54) is 6.07 Å². The Labute approximate surface area is 141 Å². The number of benzene rings is 1. The van der Waals surface area contributed by atoms with Gasteiger partial charge in [-0.25, -0.2) is 0 Å². The van der Waals surface area contributed by atoms with Crippen molar-refractivity contribution >= 4 is 16.2 Å². The summed E-state index contributed by atoms with van der Waals surface area (Å²) in [5.74, 6) is -2.26. The molecular formula is C14H16F4N4O2S. The standard InChI is InChI=1S/C14H16F4N4O2S/c1-4-8-5-9(7(2)3)10(6-11(8)25(18,23)24)22-13(19)20-12(21-22)14(15,16)17/h5-7H,4H2,1-3H3,(H2,19,20,21). The van der Waals surface area contributed by atoms with Crippen molar-refractivity contribution in [2.45, 2.75) is 44.2 Å². The van der Waals surface area contributed by atoms with Crippen LogP contribution in [0.5, 0.6) is 0 Å². The van der Waals surface area contributed by atoms with Crippen LogP contribution in [0.4, 0.5) is 23.0 Å². The minimum absolute atomic E-state index is 0.0658. The number of alkyl halides is 3. The molecule has 0 atom stereocenters. The highest BCUT2D eigenvalue weighted by Gasteiger charge is 2.37. The van der Waals surface area contributed by atoms with Gasteiger partial charge in [0.15, 0.2) is 0 Å². The molecule has 1 heterocycles. The molecule has 0 amide bonds. The third-order valence-electron chi connectivity index (χ3n) is 3.59. The molecule has 11 heteroatoms. The number of nitrogen functional groups attached to an aromatic ring is 1. The fraction of sp³-hybridized carbons (Fsp3) is 0.429. The number of hydrogen-bond acceptors (Lipinski definition) is 5. The second kappa shape index (κ2) is 6.28. The van der Waals surface area contributed by atoms with Crippen molar-refractivity contribution in [2.75, 3.05) is 5.73 Å². The second-order valence-electron chi connectivity index (χ2n) is 5.67. The molecule has 0 aliphatic rings. The predicted octanol–water partition coefficient (Wildman–Crippen LogP) is 3.21. The van der Waals surface area contributed by atoms with Crippen molar-refractivity contribution in [2.24, 2.45) is 0 Å². The van der Waals surface area contributed by atoms with Gasteiger partial charge in [-0.05, 0) is 29.5 Å². The van der Waals surface area contributed by atoms with Gasteiger partial charge in [0.1, 0.15) is 4.90 Å². The Hall–Kier alpha value is -2.17. The van der Waals surface area contributed by atoms with Crippen molar-refractivity contribution in [3.05, 3.63) is 29.1 Å². The third kappa shape index (κ3) is 3.75. The van der Waals surface area contributed by atoms with Crippen LogP contribution in [0, 0.1) is 0 Å². The van der Waals surface area contributed by atoms with Gasteiger partial charge in [-0.2, -0.15) is 31.3 Å². The summed E-state index contributed by atoms with van der Waals surface area (Å²) in [6.07, 6.45) is -4.60. The van der Waals surface area contributed by atoms with Gasteiger partial charge in [-0.3, -0.25) is 0 Å². The Kier molecular flexibility index (Phi) is 4.81. The number of rotatable bonds is 4. The summed E-state index contributed by atoms with van der Waals surface area (Å²) < 4.78 is 75.5. The molecule has 1 aromatic carbocycles. The molecule has 2 rings (SSSR count). The lowest BCUT2D eigenvalue weighted by atomic mass is 9.97. The number of aromatic nitrogens is 3. The highest BCUT2D eigenvalue weighted by atomic mass is 32.3. The monoisotopic (exact) mass is 380 g/mol. The molecule has 0 saturated heterocycles. The first-order valence-electron chi connectivity index (χ1n) is 7.27. The minimum atomic E-state index is -5.08. The Bertz CT molecular complexity index is 904. The van der Waals surface area contributed by atoms with Gasteiger partial charge in [-0.15, -0.1) is 8.98 Å². The smallest absolute Gasteiger partial charge is 0.368 e. The lowest BCUT2D eigenvalue weighted by molar-refractivity contribution is -0.144. The zero-order valence-electron chi connectivity index (χ0n) is 13.6. The van der Waals surface area contributed by atoms with Crippen molar-refractivity contribution in [3.8, 4) is 5.69 Å². The molecule has 2 aromatic rings. The van der Waals surface area contributed by atoms with Crippen molar-refractivity contribution < 1.29 is 25.5 Å². The first kappa shape index (κ1) is 19.2. The highest BCUT2D eigenvalue weighted by molar-refractivity contribution is 7.86. The third-order valence-corrected chi connectivity index (χ3v) is 4.49. The zero-order valence-corrected chi connectivity index (χ0v) is 14.4. The normalized spacial score (nSPS) is 12.8. The van der Waals surface area contributed by atoms with E-state index < -0.39 is 33.1 Å². The molecular weight excluding hydrogens is 364 g/mol. The van der Waals surface area contributed by atoms with E-state index in [0.717, 1.165) is 6.07 Å². The number of aryl methyl sites for hydroxylation is 1. The van der Waals surface area contributed by atoms with Crippen LogP contribution in [0.25, 0.3) is 5.69 Å². The summed E-state index contributed by atoms with van der Waals surface area (Å²) in [5, 5.41) is 3.31. The molecule has 0 unspecified atom stereocenters. The largest absolute Gasteiger partial charge is 0.453 e. The Morgan fingerprint density at radius 1 is 1.28 bits per heavy atom. The van der Waals surface area contributed by atoms with Crippen LogP contribution < -0.4 is 5.73 Å². The molecule has 1 aromatic heterocycles. The van der Waals surface area contributed by atoms with Gasteiger partial charge >= 0.3 is 16.4 Å². The van der Waals surface area contributed by atoms with E-state index in [2.05, 4.69) is 10.1 Å². The van der Waals surface area contributed by atoms with Gasteiger partial charge in [0.05, 0.1) is 5.69 Å². The van der Waals surface area contributed by atoms with E-state index in [-0.39, 0.29) is 23.6 Å². The van der Waals surface area contributed by atoms with Crippen molar-refractivity contribution in [1.82, 2.24) is 14.8 Å². The maximum Gasteiger partial charge on any atom is 0.453 e. The average molecular weight is 380 g/mol. The van der Waals surface area contributed by atoms with Crippen LogP contribution >= 0.6 is 0 Å². The molecule has 0 radical (unpaired) electrons. The first-order valence-corrected chi connectivity index (χ1v) is 8.66. The summed E-state index contributed by atoms with van der Waals surface area (Å²) in [6, 6.07) is 2.37. The summed E-state index contributed by atoms with van der Waals surface area (Å²) in [7, 11) is -5.08. The van der Waals surface area contributed by atoms with Crippen LogP contribution in [-0.2, 0) is 22.8 Å². The summed E-state index contributed by atoms with van der Waals surface area (Å²) in [4.78, 5) is 2.53. The van der Waals surface area contributed by atoms with E-state index in [0.29, 0.717) is 10.2 Å². The molecule has 138 valence electrons. The molecule has 2 N–H and O–H groups in total. The SMILES string of the molecule is CCc1cc(C(C)C)c(-n2nc(C(F)(F)F)nc2N)cc1S(=O)(=O)F. The summed E-state index contributed by atoms with van der Waals surface area (Å²) in [5.41, 5.74) is 6.13. The van der Waals surface area contributed by atoms with E-state index in [1.807, 2.05) is 0 Å². The van der Waals surface area contributed by atoms with E-state index >= 15 is 0 Å². The predicted molar refractivity (Wildman–Crippen MR) is 82.5 cm³/mol. The number of anilines is 1. The number of hydrogen-bond donors (Lipinski definition) is 1. The summed E-state index contributed by atoms with van der Waals surface area (Å²) in [6.45, 7) is 5.14. The summed E-state index contributed by atoms with van der Waals surface area (Å²) >= 11 is 0. The van der Waals surface area contributed by atoms with Crippen LogP contribution in [-0.4, -0.2) is 23.2 Å². The minimum Gasteiger partial charge on any atom is -0.368 e. The van der Waals surface area contributed by atoms with E-state index in [9.17, 15) is 25.5 Å². The topological polar surface area (TPSA) is 90.9 Å². The van der Waals surface area contributed by atoms with Gasteiger partial charge in [0.2, 0.25) is 5.95 Å². The van der Waals surface area contributed by atoms with E-state index in [4.69, 9.17) is 5.73 Å². The quantitative estimate of drug-likeness (QED) is 0.650. The van der Waals surface area contributed by atoms with Crippen LogP contribution in [0.1, 0.15) is 43.6 Å². The molecule has 6 nitrogen and oxygen atoms in total. The lowest BCUT2D eigenvalue weighted by Gasteiger charge is -2.17. The van der Waals surface area contributed by atoms with Crippen molar-refractivity contribution in [3.63, 3.8) is 0 Å². The van der Waals surface area contributed by atoms with Gasteiger partial charge in [0, 0.05) is 0 Å². The Balaban J connectivity index is 2.83. The molecule has 0 aliphatic heterocycles. The molecule has 0 spiro atoms. The number of halogens is 4. The van der Waals surface area contributed by atoms with Crippen LogP contribution in [0.2, 0.25) is 0 Å². The Morgan fingerprint density at radius 3 is 2.28 bits per heavy atom. The first-order chi connectivity index (χ1) is 11.4. The average Bonchev–Trinajstić information content (AvgIpc) is 2.86. The highest BCUT2D eigenvalue weighted by Crippen LogP contribution is 2.33. The molecule has 0 fully saturated rings. The fourth-order valence-corrected chi connectivity index (χ4v) is 3.17.